The fourth-order valence-corrected chi connectivity index (χ4v) is 3.37. The average Bonchev–Trinajstić information content (AvgIpc) is 3.16. The Hall–Kier alpha value is -2.92. The van der Waals surface area contributed by atoms with E-state index in [1.54, 1.807) is 0 Å². The van der Waals surface area contributed by atoms with Crippen LogP contribution < -0.4 is 5.32 Å². The minimum atomic E-state index is -0.616. The summed E-state index contributed by atoms with van der Waals surface area (Å²) in [7, 11) is 0. The highest BCUT2D eigenvalue weighted by molar-refractivity contribution is 5.94. The monoisotopic (exact) mass is 333 g/mol. The Balaban J connectivity index is 1.59. The SMILES string of the molecule is Cc1[nH]c(-c2ccccc2)nc1C(=O)N[C@@H]1c2ccccc2C[C@H]1O. The van der Waals surface area contributed by atoms with E-state index in [4.69, 9.17) is 0 Å². The highest BCUT2D eigenvalue weighted by atomic mass is 16.3. The lowest BCUT2D eigenvalue weighted by Gasteiger charge is -2.17. The van der Waals surface area contributed by atoms with E-state index < -0.39 is 12.1 Å². The van der Waals surface area contributed by atoms with Crippen molar-refractivity contribution in [2.75, 3.05) is 0 Å². The number of rotatable bonds is 3. The summed E-state index contributed by atoms with van der Waals surface area (Å²) in [4.78, 5) is 20.3. The number of hydrogen-bond acceptors (Lipinski definition) is 3. The normalized spacial score (nSPS) is 18.8. The molecule has 1 aromatic heterocycles. The number of H-pyrrole nitrogens is 1. The Morgan fingerprint density at radius 2 is 1.88 bits per heavy atom. The van der Waals surface area contributed by atoms with Crippen molar-refractivity contribution in [2.24, 2.45) is 0 Å². The second kappa shape index (κ2) is 6.18. The number of imidazole rings is 1. The van der Waals surface area contributed by atoms with Crippen molar-refractivity contribution in [2.45, 2.75) is 25.5 Å². The molecule has 1 aliphatic rings. The molecule has 25 heavy (non-hydrogen) atoms. The van der Waals surface area contributed by atoms with Gasteiger partial charge in [0.25, 0.3) is 5.91 Å². The standard InChI is InChI=1S/C20H19N3O2/c1-12-17(22-19(21-12)13-7-3-2-4-8-13)20(25)23-18-15-10-6-5-9-14(15)11-16(18)24/h2-10,16,18,24H,11H2,1H3,(H,21,22)(H,23,25)/t16-,18-/m1/s1. The lowest BCUT2D eigenvalue weighted by molar-refractivity contribution is 0.0853. The molecular weight excluding hydrogens is 314 g/mol. The Morgan fingerprint density at radius 3 is 2.68 bits per heavy atom. The molecule has 0 bridgehead atoms. The van der Waals surface area contributed by atoms with Crippen LogP contribution in [0, 0.1) is 6.92 Å². The fourth-order valence-electron chi connectivity index (χ4n) is 3.37. The van der Waals surface area contributed by atoms with Crippen molar-refractivity contribution >= 4 is 5.91 Å². The van der Waals surface area contributed by atoms with Crippen LogP contribution in [0.2, 0.25) is 0 Å². The zero-order chi connectivity index (χ0) is 17.4. The topological polar surface area (TPSA) is 78.0 Å². The number of nitrogens with one attached hydrogen (secondary N) is 2. The van der Waals surface area contributed by atoms with Gasteiger partial charge in [-0.2, -0.15) is 0 Å². The molecule has 0 unspecified atom stereocenters. The molecule has 3 aromatic rings. The van der Waals surface area contributed by atoms with E-state index in [1.807, 2.05) is 61.5 Å². The predicted molar refractivity (Wildman–Crippen MR) is 95.1 cm³/mol. The summed E-state index contributed by atoms with van der Waals surface area (Å²) in [6.07, 6.45) is -0.0650. The quantitative estimate of drug-likeness (QED) is 0.690. The number of carbonyl (C=O) groups is 1. The summed E-state index contributed by atoms with van der Waals surface area (Å²) in [5.41, 5.74) is 4.03. The molecule has 2 atom stereocenters. The van der Waals surface area contributed by atoms with Crippen LogP contribution in [0.25, 0.3) is 11.4 Å². The van der Waals surface area contributed by atoms with Gasteiger partial charge >= 0.3 is 0 Å². The van der Waals surface area contributed by atoms with Crippen LogP contribution in [0.4, 0.5) is 0 Å². The van der Waals surface area contributed by atoms with Crippen molar-refractivity contribution in [1.82, 2.24) is 15.3 Å². The van der Waals surface area contributed by atoms with Crippen molar-refractivity contribution in [1.29, 1.82) is 0 Å². The second-order valence-corrected chi connectivity index (χ2v) is 6.35. The summed E-state index contributed by atoms with van der Waals surface area (Å²) in [6, 6.07) is 17.1. The number of carbonyl (C=O) groups excluding carboxylic acids is 1. The number of aliphatic hydroxyl groups excluding tert-OH is 1. The molecule has 5 heteroatoms. The third kappa shape index (κ3) is 2.83. The number of aromatic nitrogens is 2. The first-order chi connectivity index (χ1) is 12.1. The summed E-state index contributed by atoms with van der Waals surface area (Å²) in [6.45, 7) is 1.83. The lowest BCUT2D eigenvalue weighted by Crippen LogP contribution is -2.34. The number of fused-ring (bicyclic) bond motifs is 1. The second-order valence-electron chi connectivity index (χ2n) is 6.35. The highest BCUT2D eigenvalue weighted by Gasteiger charge is 2.32. The molecule has 4 rings (SSSR count). The summed E-state index contributed by atoms with van der Waals surface area (Å²) in [5, 5.41) is 13.3. The average molecular weight is 333 g/mol. The first-order valence-corrected chi connectivity index (χ1v) is 8.32. The maximum atomic E-state index is 12.7. The molecule has 0 saturated carbocycles. The van der Waals surface area contributed by atoms with Crippen molar-refractivity contribution in [3.05, 3.63) is 77.1 Å². The highest BCUT2D eigenvalue weighted by Crippen LogP contribution is 2.31. The summed E-state index contributed by atoms with van der Waals surface area (Å²) < 4.78 is 0. The zero-order valence-electron chi connectivity index (χ0n) is 13.9. The lowest BCUT2D eigenvalue weighted by atomic mass is 10.1. The third-order valence-electron chi connectivity index (χ3n) is 4.64. The number of aromatic amines is 1. The largest absolute Gasteiger partial charge is 0.390 e. The minimum Gasteiger partial charge on any atom is -0.390 e. The molecule has 3 N–H and O–H groups in total. The van der Waals surface area contributed by atoms with Gasteiger partial charge in [-0.3, -0.25) is 4.79 Å². The van der Waals surface area contributed by atoms with Crippen molar-refractivity contribution < 1.29 is 9.90 Å². The Morgan fingerprint density at radius 1 is 1.16 bits per heavy atom. The van der Waals surface area contributed by atoms with Crippen molar-refractivity contribution in [3.8, 4) is 11.4 Å². The maximum absolute atomic E-state index is 12.7. The Bertz CT molecular complexity index is 918. The van der Waals surface area contributed by atoms with Crippen LogP contribution in [0.1, 0.15) is 33.4 Å². The zero-order valence-corrected chi connectivity index (χ0v) is 13.9. The molecule has 126 valence electrons. The number of benzene rings is 2. The first kappa shape index (κ1) is 15.6. The predicted octanol–water partition coefficient (Wildman–Crippen LogP) is 2.77. The van der Waals surface area contributed by atoms with E-state index in [0.717, 1.165) is 16.7 Å². The molecule has 0 radical (unpaired) electrons. The van der Waals surface area contributed by atoms with Crippen LogP contribution >= 0.6 is 0 Å². The first-order valence-electron chi connectivity index (χ1n) is 8.32. The van der Waals surface area contributed by atoms with Crippen LogP contribution in [0.5, 0.6) is 0 Å². The number of nitrogens with zero attached hydrogens (tertiary/aromatic N) is 1. The molecule has 2 aromatic carbocycles. The molecule has 1 aliphatic carbocycles. The minimum absolute atomic E-state index is 0.281. The van der Waals surface area contributed by atoms with E-state index in [0.29, 0.717) is 23.6 Å². The molecule has 1 amide bonds. The van der Waals surface area contributed by atoms with E-state index in [2.05, 4.69) is 15.3 Å². The summed E-state index contributed by atoms with van der Waals surface area (Å²) >= 11 is 0. The molecule has 1 heterocycles. The Labute approximate surface area is 145 Å². The third-order valence-corrected chi connectivity index (χ3v) is 4.64. The van der Waals surface area contributed by atoms with Crippen LogP contribution in [-0.2, 0) is 6.42 Å². The molecular formula is C20H19N3O2. The number of hydrogen-bond donors (Lipinski definition) is 3. The van der Waals surface area contributed by atoms with Gasteiger partial charge in [-0.1, -0.05) is 54.6 Å². The Kier molecular flexibility index (Phi) is 3.86. The van der Waals surface area contributed by atoms with Gasteiger partial charge in [0.1, 0.15) is 11.5 Å². The number of aliphatic hydroxyl groups is 1. The van der Waals surface area contributed by atoms with Gasteiger partial charge in [0.2, 0.25) is 0 Å². The number of amides is 1. The van der Waals surface area contributed by atoms with Gasteiger partial charge in [0, 0.05) is 17.7 Å². The van der Waals surface area contributed by atoms with Crippen LogP contribution in [-0.4, -0.2) is 27.1 Å². The van der Waals surface area contributed by atoms with Gasteiger partial charge < -0.3 is 15.4 Å². The van der Waals surface area contributed by atoms with E-state index in [-0.39, 0.29) is 5.91 Å². The van der Waals surface area contributed by atoms with Crippen molar-refractivity contribution in [3.63, 3.8) is 0 Å². The smallest absolute Gasteiger partial charge is 0.272 e. The van der Waals surface area contributed by atoms with Gasteiger partial charge in [0.15, 0.2) is 0 Å². The molecule has 5 nitrogen and oxygen atoms in total. The molecule has 0 saturated heterocycles. The van der Waals surface area contributed by atoms with Gasteiger partial charge in [-0.05, 0) is 18.1 Å². The fraction of sp³-hybridized carbons (Fsp3) is 0.200. The van der Waals surface area contributed by atoms with Gasteiger partial charge in [-0.25, -0.2) is 4.98 Å². The molecule has 0 spiro atoms. The summed E-state index contributed by atoms with van der Waals surface area (Å²) in [5.74, 6) is 0.382. The van der Waals surface area contributed by atoms with E-state index in [9.17, 15) is 9.90 Å². The van der Waals surface area contributed by atoms with Gasteiger partial charge in [0.05, 0.1) is 12.1 Å². The van der Waals surface area contributed by atoms with E-state index >= 15 is 0 Å². The van der Waals surface area contributed by atoms with Crippen LogP contribution in [0.3, 0.4) is 0 Å². The van der Waals surface area contributed by atoms with Crippen LogP contribution in [0.15, 0.2) is 54.6 Å². The molecule has 0 aliphatic heterocycles. The number of aryl methyl sites for hydroxylation is 1. The maximum Gasteiger partial charge on any atom is 0.272 e. The van der Waals surface area contributed by atoms with E-state index in [1.165, 1.54) is 0 Å². The van der Waals surface area contributed by atoms with Gasteiger partial charge in [-0.15, -0.1) is 0 Å². The molecule has 0 fully saturated rings.